The first-order valence-corrected chi connectivity index (χ1v) is 5.16. The highest BCUT2D eigenvalue weighted by Gasteiger charge is 2.17. The summed E-state index contributed by atoms with van der Waals surface area (Å²) in [5, 5.41) is 18.9. The van der Waals surface area contributed by atoms with Gasteiger partial charge in [0.25, 0.3) is 0 Å². The van der Waals surface area contributed by atoms with Crippen LogP contribution in [0.3, 0.4) is 0 Å². The molecule has 1 aromatic carbocycles. The molecule has 2 nitrogen and oxygen atoms in total. The zero-order valence-electron chi connectivity index (χ0n) is 8.77. The Kier molecular flexibility index (Phi) is 3.96. The van der Waals surface area contributed by atoms with Gasteiger partial charge in [-0.15, -0.1) is 0 Å². The highest BCUT2D eigenvalue weighted by Crippen LogP contribution is 2.26. The van der Waals surface area contributed by atoms with Crippen molar-refractivity contribution in [1.82, 2.24) is 0 Å². The molecule has 0 aromatic heterocycles. The average molecular weight is 194 g/mol. The van der Waals surface area contributed by atoms with Crippen molar-refractivity contribution in [2.24, 2.45) is 0 Å². The lowest BCUT2D eigenvalue weighted by atomic mass is 9.90. The van der Waals surface area contributed by atoms with E-state index in [1.807, 2.05) is 19.1 Å². The standard InChI is InChI=1S/C12H18O2/c1-3-11(12(14)4-2)9-5-7-10(13)8-6-9/h5-8,11-14H,3-4H2,1-2H3. The van der Waals surface area contributed by atoms with Crippen LogP contribution in [0.15, 0.2) is 24.3 Å². The molecule has 14 heavy (non-hydrogen) atoms. The van der Waals surface area contributed by atoms with Gasteiger partial charge in [-0.3, -0.25) is 0 Å². The van der Waals surface area contributed by atoms with E-state index < -0.39 is 0 Å². The van der Waals surface area contributed by atoms with Gasteiger partial charge in [0.1, 0.15) is 5.75 Å². The van der Waals surface area contributed by atoms with Gasteiger partial charge in [-0.1, -0.05) is 26.0 Å². The lowest BCUT2D eigenvalue weighted by Gasteiger charge is -2.20. The maximum atomic E-state index is 9.78. The lowest BCUT2D eigenvalue weighted by molar-refractivity contribution is 0.136. The molecule has 0 heterocycles. The number of phenolic OH excluding ortho intramolecular Hbond substituents is 1. The number of hydrogen-bond acceptors (Lipinski definition) is 2. The fourth-order valence-corrected chi connectivity index (χ4v) is 1.74. The first-order chi connectivity index (χ1) is 6.69. The predicted molar refractivity (Wildman–Crippen MR) is 57.4 cm³/mol. The molecule has 0 bridgehead atoms. The number of aromatic hydroxyl groups is 1. The molecule has 0 saturated carbocycles. The topological polar surface area (TPSA) is 40.5 Å². The molecule has 2 heteroatoms. The Morgan fingerprint density at radius 3 is 2.07 bits per heavy atom. The SMILES string of the molecule is CCC(O)C(CC)c1ccc(O)cc1. The third kappa shape index (κ3) is 2.48. The summed E-state index contributed by atoms with van der Waals surface area (Å²) in [4.78, 5) is 0. The molecule has 0 radical (unpaired) electrons. The number of hydrogen-bond donors (Lipinski definition) is 2. The minimum atomic E-state index is -0.287. The Balaban J connectivity index is 2.84. The van der Waals surface area contributed by atoms with Gasteiger partial charge in [0.15, 0.2) is 0 Å². The normalized spacial score (nSPS) is 15.1. The van der Waals surface area contributed by atoms with Crippen molar-refractivity contribution in [2.45, 2.75) is 38.7 Å². The van der Waals surface area contributed by atoms with Crippen molar-refractivity contribution in [2.75, 3.05) is 0 Å². The first-order valence-electron chi connectivity index (χ1n) is 5.16. The van der Waals surface area contributed by atoms with Gasteiger partial charge in [-0.2, -0.15) is 0 Å². The molecule has 0 aliphatic rings. The zero-order valence-corrected chi connectivity index (χ0v) is 8.77. The molecule has 0 aliphatic heterocycles. The van der Waals surface area contributed by atoms with E-state index in [1.54, 1.807) is 12.1 Å². The Bertz CT molecular complexity index is 266. The molecule has 2 unspecified atom stereocenters. The fourth-order valence-electron chi connectivity index (χ4n) is 1.74. The van der Waals surface area contributed by atoms with Crippen molar-refractivity contribution in [3.8, 4) is 5.75 Å². The van der Waals surface area contributed by atoms with Crippen LogP contribution in [0.1, 0.15) is 38.2 Å². The summed E-state index contributed by atoms with van der Waals surface area (Å²) in [6.45, 7) is 4.05. The van der Waals surface area contributed by atoms with Gasteiger partial charge >= 0.3 is 0 Å². The number of rotatable bonds is 4. The van der Waals surface area contributed by atoms with Crippen molar-refractivity contribution in [1.29, 1.82) is 0 Å². The predicted octanol–water partition coefficient (Wildman–Crippen LogP) is 2.66. The van der Waals surface area contributed by atoms with Crippen LogP contribution in [0.4, 0.5) is 0 Å². The quantitative estimate of drug-likeness (QED) is 0.773. The van der Waals surface area contributed by atoms with Gasteiger partial charge in [0.2, 0.25) is 0 Å². The summed E-state index contributed by atoms with van der Waals surface area (Å²) in [5.74, 6) is 0.454. The Hall–Kier alpha value is -1.02. The fraction of sp³-hybridized carbons (Fsp3) is 0.500. The Morgan fingerprint density at radius 2 is 1.64 bits per heavy atom. The molecule has 1 rings (SSSR count). The molecule has 0 fully saturated rings. The molecule has 78 valence electrons. The molecule has 0 amide bonds. The maximum absolute atomic E-state index is 9.78. The average Bonchev–Trinajstić information content (AvgIpc) is 2.21. The van der Waals surface area contributed by atoms with Gasteiger partial charge in [0, 0.05) is 5.92 Å². The largest absolute Gasteiger partial charge is 0.508 e. The Labute approximate surface area is 85.2 Å². The summed E-state index contributed by atoms with van der Waals surface area (Å²) in [7, 11) is 0. The smallest absolute Gasteiger partial charge is 0.115 e. The molecule has 1 aromatic rings. The Morgan fingerprint density at radius 1 is 1.07 bits per heavy atom. The number of benzene rings is 1. The van der Waals surface area contributed by atoms with Gasteiger partial charge in [-0.25, -0.2) is 0 Å². The van der Waals surface area contributed by atoms with E-state index in [0.29, 0.717) is 0 Å². The van der Waals surface area contributed by atoms with Crippen LogP contribution in [0, 0.1) is 0 Å². The first kappa shape index (κ1) is 11.1. The zero-order chi connectivity index (χ0) is 10.6. The van der Waals surface area contributed by atoms with Crippen LogP contribution >= 0.6 is 0 Å². The van der Waals surface area contributed by atoms with Crippen LogP contribution in [0.25, 0.3) is 0 Å². The van der Waals surface area contributed by atoms with Gasteiger partial charge in [-0.05, 0) is 30.5 Å². The minimum Gasteiger partial charge on any atom is -0.508 e. The monoisotopic (exact) mass is 194 g/mol. The molecule has 0 spiro atoms. The van der Waals surface area contributed by atoms with E-state index in [4.69, 9.17) is 5.11 Å². The number of aliphatic hydroxyl groups excluding tert-OH is 1. The van der Waals surface area contributed by atoms with Crippen LogP contribution in [-0.2, 0) is 0 Å². The third-order valence-electron chi connectivity index (χ3n) is 2.64. The van der Waals surface area contributed by atoms with Crippen molar-refractivity contribution in [3.63, 3.8) is 0 Å². The molecular weight excluding hydrogens is 176 g/mol. The summed E-state index contributed by atoms with van der Waals surface area (Å²) in [5.41, 5.74) is 1.10. The van der Waals surface area contributed by atoms with Crippen molar-refractivity contribution >= 4 is 0 Å². The minimum absolute atomic E-state index is 0.181. The van der Waals surface area contributed by atoms with Crippen LogP contribution in [0.5, 0.6) is 5.75 Å². The second kappa shape index (κ2) is 5.01. The molecule has 0 aliphatic carbocycles. The highest BCUT2D eigenvalue weighted by atomic mass is 16.3. The molecular formula is C12H18O2. The van der Waals surface area contributed by atoms with E-state index in [-0.39, 0.29) is 17.8 Å². The second-order valence-corrected chi connectivity index (χ2v) is 3.58. The summed E-state index contributed by atoms with van der Waals surface area (Å²) < 4.78 is 0. The van der Waals surface area contributed by atoms with Gasteiger partial charge < -0.3 is 10.2 Å². The lowest BCUT2D eigenvalue weighted by Crippen LogP contribution is -2.16. The molecule has 0 saturated heterocycles. The van der Waals surface area contributed by atoms with Gasteiger partial charge in [0.05, 0.1) is 6.10 Å². The van der Waals surface area contributed by atoms with Crippen LogP contribution in [-0.4, -0.2) is 16.3 Å². The summed E-state index contributed by atoms with van der Waals surface area (Å²) in [6, 6.07) is 7.09. The van der Waals surface area contributed by atoms with Crippen LogP contribution in [0.2, 0.25) is 0 Å². The third-order valence-corrected chi connectivity index (χ3v) is 2.64. The van der Waals surface area contributed by atoms with E-state index in [2.05, 4.69) is 6.92 Å². The van der Waals surface area contributed by atoms with E-state index in [9.17, 15) is 5.11 Å². The maximum Gasteiger partial charge on any atom is 0.115 e. The van der Waals surface area contributed by atoms with E-state index >= 15 is 0 Å². The molecule has 2 atom stereocenters. The number of aliphatic hydroxyl groups is 1. The second-order valence-electron chi connectivity index (χ2n) is 3.58. The summed E-state index contributed by atoms with van der Waals surface area (Å²) >= 11 is 0. The van der Waals surface area contributed by atoms with E-state index in [0.717, 1.165) is 18.4 Å². The van der Waals surface area contributed by atoms with Crippen molar-refractivity contribution < 1.29 is 10.2 Å². The summed E-state index contributed by atoms with van der Waals surface area (Å²) in [6.07, 6.45) is 1.39. The van der Waals surface area contributed by atoms with Crippen LogP contribution < -0.4 is 0 Å². The molecule has 2 N–H and O–H groups in total. The van der Waals surface area contributed by atoms with Crippen molar-refractivity contribution in [3.05, 3.63) is 29.8 Å². The number of phenols is 1. The van der Waals surface area contributed by atoms with E-state index in [1.165, 1.54) is 0 Å². The highest BCUT2D eigenvalue weighted by molar-refractivity contribution is 5.28.